The Balaban J connectivity index is 3.33. The maximum atomic E-state index is 10.6. The Morgan fingerprint density at radius 2 is 2.23 bits per heavy atom. The highest BCUT2D eigenvalue weighted by Gasteiger charge is 2.14. The fraction of sp³-hybridized carbons (Fsp3) is 0.250. The lowest BCUT2D eigenvalue weighted by Crippen LogP contribution is -1.99. The Morgan fingerprint density at radius 3 is 2.69 bits per heavy atom. The topological polar surface area (TPSA) is 69.2 Å². The minimum absolute atomic E-state index is 0.0699. The van der Waals surface area contributed by atoms with Gasteiger partial charge in [-0.25, -0.2) is 0 Å². The monoisotopic (exact) mass is 244 g/mol. The highest BCUT2D eigenvalue weighted by molar-refractivity contribution is 9.10. The number of benzene rings is 1. The quantitative estimate of drug-likeness (QED) is 0.640. The normalized spacial score (nSPS) is 10.1. The fourth-order valence-corrected chi connectivity index (χ4v) is 1.45. The van der Waals surface area contributed by atoms with Crippen LogP contribution >= 0.6 is 15.9 Å². The van der Waals surface area contributed by atoms with Gasteiger partial charge in [-0.1, -0.05) is 6.07 Å². The summed E-state index contributed by atoms with van der Waals surface area (Å²) in [5.41, 5.74) is 7.07. The smallest absolute Gasteiger partial charge is 0.284 e. The van der Waals surface area contributed by atoms with Crippen molar-refractivity contribution >= 4 is 21.6 Å². The lowest BCUT2D eigenvalue weighted by Gasteiger charge is -2.02. The first-order valence-electron chi connectivity index (χ1n) is 3.69. The van der Waals surface area contributed by atoms with Gasteiger partial charge in [-0.05, 0) is 34.0 Å². The highest BCUT2D eigenvalue weighted by atomic mass is 79.9. The second-order valence-electron chi connectivity index (χ2n) is 2.71. The van der Waals surface area contributed by atoms with E-state index in [0.29, 0.717) is 11.0 Å². The van der Waals surface area contributed by atoms with Gasteiger partial charge in [0.25, 0.3) is 5.69 Å². The molecule has 0 fully saturated rings. The lowest BCUT2D eigenvalue weighted by atomic mass is 10.1. The predicted octanol–water partition coefficient (Wildman–Crippen LogP) is 2.12. The number of rotatable bonds is 2. The van der Waals surface area contributed by atoms with Crippen LogP contribution in [0.25, 0.3) is 0 Å². The lowest BCUT2D eigenvalue weighted by molar-refractivity contribution is -0.385. The highest BCUT2D eigenvalue weighted by Crippen LogP contribution is 2.29. The van der Waals surface area contributed by atoms with Crippen LogP contribution < -0.4 is 5.73 Å². The molecule has 5 heteroatoms. The van der Waals surface area contributed by atoms with Crippen molar-refractivity contribution in [3.63, 3.8) is 0 Å². The molecule has 70 valence electrons. The Labute approximate surface area is 84.0 Å². The number of nitro benzene ring substituents is 1. The minimum atomic E-state index is -0.420. The Kier molecular flexibility index (Phi) is 3.00. The summed E-state index contributed by atoms with van der Waals surface area (Å²) in [5, 5.41) is 10.6. The molecule has 0 saturated heterocycles. The first-order valence-corrected chi connectivity index (χ1v) is 4.49. The number of hydrogen-bond donors (Lipinski definition) is 1. The van der Waals surface area contributed by atoms with Crippen molar-refractivity contribution in [3.05, 3.63) is 37.8 Å². The average Bonchev–Trinajstić information content (AvgIpc) is 2.09. The number of nitrogens with zero attached hydrogens (tertiary/aromatic N) is 1. The summed E-state index contributed by atoms with van der Waals surface area (Å²) in [4.78, 5) is 10.2. The molecule has 2 N–H and O–H groups in total. The van der Waals surface area contributed by atoms with Crippen LogP contribution in [0.1, 0.15) is 11.1 Å². The molecule has 0 aliphatic carbocycles. The number of nitrogens with two attached hydrogens (primary N) is 1. The van der Waals surface area contributed by atoms with E-state index < -0.39 is 4.92 Å². The van der Waals surface area contributed by atoms with Gasteiger partial charge in [0.15, 0.2) is 0 Å². The van der Waals surface area contributed by atoms with Gasteiger partial charge in [0.05, 0.1) is 9.40 Å². The number of aryl methyl sites for hydroxylation is 1. The molecular weight excluding hydrogens is 236 g/mol. The number of hydrogen-bond acceptors (Lipinski definition) is 3. The van der Waals surface area contributed by atoms with Crippen LogP contribution in [0.4, 0.5) is 5.69 Å². The second-order valence-corrected chi connectivity index (χ2v) is 3.50. The first kappa shape index (κ1) is 10.1. The Morgan fingerprint density at radius 1 is 1.62 bits per heavy atom. The second kappa shape index (κ2) is 3.85. The zero-order valence-electron chi connectivity index (χ0n) is 7.08. The number of nitro groups is 1. The van der Waals surface area contributed by atoms with Crippen molar-refractivity contribution in [2.24, 2.45) is 5.73 Å². The molecule has 13 heavy (non-hydrogen) atoms. The molecule has 0 saturated carbocycles. The molecule has 1 rings (SSSR count). The molecule has 0 aromatic heterocycles. The summed E-state index contributed by atoms with van der Waals surface area (Å²) >= 11 is 3.16. The van der Waals surface area contributed by atoms with Crippen molar-refractivity contribution < 1.29 is 4.92 Å². The first-order chi connectivity index (χ1) is 6.06. The van der Waals surface area contributed by atoms with Crippen LogP contribution in [0.15, 0.2) is 16.6 Å². The largest absolute Gasteiger partial charge is 0.326 e. The zero-order valence-corrected chi connectivity index (χ0v) is 8.67. The van der Waals surface area contributed by atoms with Crippen LogP contribution in [0.2, 0.25) is 0 Å². The van der Waals surface area contributed by atoms with Crippen molar-refractivity contribution in [3.8, 4) is 0 Å². The molecule has 0 amide bonds. The van der Waals surface area contributed by atoms with Crippen LogP contribution in [0.5, 0.6) is 0 Å². The molecule has 0 atom stereocenters. The summed E-state index contributed by atoms with van der Waals surface area (Å²) in [6, 6.07) is 3.31. The predicted molar refractivity (Wildman–Crippen MR) is 53.4 cm³/mol. The molecule has 0 heterocycles. The van der Waals surface area contributed by atoms with E-state index in [2.05, 4.69) is 15.9 Å². The number of halogens is 1. The van der Waals surface area contributed by atoms with E-state index in [0.717, 1.165) is 11.1 Å². The summed E-state index contributed by atoms with van der Waals surface area (Å²) in [7, 11) is 0. The molecule has 1 aromatic carbocycles. The van der Waals surface area contributed by atoms with E-state index in [9.17, 15) is 10.1 Å². The summed E-state index contributed by atoms with van der Waals surface area (Å²) in [5.74, 6) is 0. The Bertz CT molecular complexity index is 352. The summed E-state index contributed by atoms with van der Waals surface area (Å²) in [6.07, 6.45) is 0. The van der Waals surface area contributed by atoms with Crippen molar-refractivity contribution in [2.45, 2.75) is 13.5 Å². The van der Waals surface area contributed by atoms with E-state index in [-0.39, 0.29) is 5.69 Å². The van der Waals surface area contributed by atoms with Gasteiger partial charge < -0.3 is 5.73 Å². The van der Waals surface area contributed by atoms with Gasteiger partial charge in [0, 0.05) is 12.6 Å². The van der Waals surface area contributed by atoms with Crippen LogP contribution in [-0.2, 0) is 6.54 Å². The SMILES string of the molecule is Cc1cc(CN)cc([N+](=O)[O-])c1Br. The van der Waals surface area contributed by atoms with Crippen LogP contribution in [0.3, 0.4) is 0 Å². The summed E-state index contributed by atoms with van der Waals surface area (Å²) in [6.45, 7) is 2.12. The van der Waals surface area contributed by atoms with Gasteiger partial charge in [-0.3, -0.25) is 10.1 Å². The van der Waals surface area contributed by atoms with Gasteiger partial charge >= 0.3 is 0 Å². The third-order valence-electron chi connectivity index (χ3n) is 1.73. The summed E-state index contributed by atoms with van der Waals surface area (Å²) < 4.78 is 0.523. The maximum Gasteiger partial charge on any atom is 0.284 e. The molecule has 0 spiro atoms. The third-order valence-corrected chi connectivity index (χ3v) is 2.76. The minimum Gasteiger partial charge on any atom is -0.326 e. The molecule has 0 bridgehead atoms. The van der Waals surface area contributed by atoms with Gasteiger partial charge in [-0.15, -0.1) is 0 Å². The van der Waals surface area contributed by atoms with E-state index >= 15 is 0 Å². The molecule has 1 aromatic rings. The third kappa shape index (κ3) is 2.05. The Hall–Kier alpha value is -0.940. The van der Waals surface area contributed by atoms with E-state index in [1.807, 2.05) is 6.07 Å². The van der Waals surface area contributed by atoms with Gasteiger partial charge in [0.2, 0.25) is 0 Å². The van der Waals surface area contributed by atoms with Crippen molar-refractivity contribution in [2.75, 3.05) is 0 Å². The van der Waals surface area contributed by atoms with E-state index in [1.165, 1.54) is 6.07 Å². The van der Waals surface area contributed by atoms with Crippen LogP contribution in [-0.4, -0.2) is 4.92 Å². The van der Waals surface area contributed by atoms with E-state index in [1.54, 1.807) is 6.92 Å². The average molecular weight is 245 g/mol. The molecule has 0 aliphatic rings. The molecule has 0 unspecified atom stereocenters. The fourth-order valence-electron chi connectivity index (χ4n) is 1.07. The molecule has 0 aliphatic heterocycles. The van der Waals surface area contributed by atoms with Crippen molar-refractivity contribution in [1.82, 2.24) is 0 Å². The maximum absolute atomic E-state index is 10.6. The molecular formula is C8H9BrN2O2. The standard InChI is InChI=1S/C8H9BrN2O2/c1-5-2-6(4-10)3-7(8(5)9)11(12)13/h2-3H,4,10H2,1H3. The van der Waals surface area contributed by atoms with Crippen molar-refractivity contribution in [1.29, 1.82) is 0 Å². The molecule has 0 radical (unpaired) electrons. The van der Waals surface area contributed by atoms with Gasteiger partial charge in [0.1, 0.15) is 0 Å². The van der Waals surface area contributed by atoms with E-state index in [4.69, 9.17) is 5.73 Å². The van der Waals surface area contributed by atoms with Gasteiger partial charge in [-0.2, -0.15) is 0 Å². The van der Waals surface area contributed by atoms with Crippen LogP contribution in [0, 0.1) is 17.0 Å². The molecule has 4 nitrogen and oxygen atoms in total. The zero-order chi connectivity index (χ0) is 10.0.